The number of aliphatic imine (C=N–C) groups is 1. The zero-order valence-corrected chi connectivity index (χ0v) is 22.4. The minimum atomic E-state index is -0.877. The van der Waals surface area contributed by atoms with Crippen molar-refractivity contribution in [3.05, 3.63) is 71.6 Å². The maximum Gasteiger partial charge on any atom is 0.335 e. The number of aromatic carboxylic acids is 1. The Morgan fingerprint density at radius 1 is 1.05 bits per heavy atom. The van der Waals surface area contributed by atoms with Gasteiger partial charge >= 0.3 is 5.97 Å². The number of fused-ring (bicyclic) bond motifs is 7. The van der Waals surface area contributed by atoms with E-state index in [0.717, 1.165) is 59.6 Å². The third-order valence-electron chi connectivity index (χ3n) is 8.80. The number of carboxylic acid groups (broad SMARTS) is 1. The SMILES string of the molecule is CC1=N/C=C\CC/C=C\1c1cc2c3c(ccc2[nH]1)-c1c(C2CCCCC2)c2ccc(C(=O)O)cc2n1CCN3. The molecule has 0 saturated heterocycles. The first-order chi connectivity index (χ1) is 19.1. The third-order valence-corrected chi connectivity index (χ3v) is 8.80. The molecule has 0 amide bonds. The van der Waals surface area contributed by atoms with Gasteiger partial charge in [0.15, 0.2) is 0 Å². The highest BCUT2D eigenvalue weighted by Crippen LogP contribution is 2.48. The first-order valence-corrected chi connectivity index (χ1v) is 14.3. The smallest absolute Gasteiger partial charge is 0.335 e. The molecule has 0 radical (unpaired) electrons. The Kier molecular flexibility index (Phi) is 5.91. The lowest BCUT2D eigenvalue weighted by atomic mass is 9.81. The lowest BCUT2D eigenvalue weighted by molar-refractivity contribution is 0.0697. The van der Waals surface area contributed by atoms with Gasteiger partial charge in [0, 0.05) is 63.6 Å². The van der Waals surface area contributed by atoms with Crippen molar-refractivity contribution in [2.75, 3.05) is 11.9 Å². The first kappa shape index (κ1) is 24.0. The van der Waals surface area contributed by atoms with E-state index in [1.807, 2.05) is 12.3 Å². The molecule has 1 fully saturated rings. The molecule has 0 atom stereocenters. The fourth-order valence-corrected chi connectivity index (χ4v) is 6.95. The molecule has 2 aromatic carbocycles. The first-order valence-electron chi connectivity index (χ1n) is 14.3. The minimum Gasteiger partial charge on any atom is -0.478 e. The highest BCUT2D eigenvalue weighted by atomic mass is 16.4. The van der Waals surface area contributed by atoms with Gasteiger partial charge in [-0.2, -0.15) is 0 Å². The van der Waals surface area contributed by atoms with Crippen molar-refractivity contribution >= 4 is 44.7 Å². The second kappa shape index (κ2) is 9.60. The molecule has 7 rings (SSSR count). The average Bonchev–Trinajstić information content (AvgIpc) is 3.44. The molecule has 0 spiro atoms. The minimum absolute atomic E-state index is 0.348. The van der Waals surface area contributed by atoms with Gasteiger partial charge < -0.3 is 20.0 Å². The van der Waals surface area contributed by atoms with Crippen LogP contribution in [0.1, 0.15) is 79.4 Å². The van der Waals surface area contributed by atoms with E-state index < -0.39 is 5.97 Å². The summed E-state index contributed by atoms with van der Waals surface area (Å²) in [4.78, 5) is 20.2. The van der Waals surface area contributed by atoms with Gasteiger partial charge in [-0.15, -0.1) is 0 Å². The maximum absolute atomic E-state index is 11.9. The summed E-state index contributed by atoms with van der Waals surface area (Å²) in [5.74, 6) is -0.387. The van der Waals surface area contributed by atoms with Gasteiger partial charge in [-0.3, -0.25) is 4.99 Å². The Morgan fingerprint density at radius 2 is 1.92 bits per heavy atom. The molecular formula is C33H34N4O2. The number of nitrogens with zero attached hydrogens (tertiary/aromatic N) is 2. The molecule has 0 unspecified atom stereocenters. The molecule has 6 heteroatoms. The van der Waals surface area contributed by atoms with Gasteiger partial charge in [-0.25, -0.2) is 4.79 Å². The number of aromatic amines is 1. The Bertz CT molecular complexity index is 1710. The molecule has 2 aromatic heterocycles. The summed E-state index contributed by atoms with van der Waals surface area (Å²) in [7, 11) is 0. The molecule has 198 valence electrons. The van der Waals surface area contributed by atoms with Crippen molar-refractivity contribution < 1.29 is 9.90 Å². The highest BCUT2D eigenvalue weighted by molar-refractivity contribution is 6.23. The molecule has 2 aliphatic heterocycles. The van der Waals surface area contributed by atoms with E-state index in [1.165, 1.54) is 59.7 Å². The summed E-state index contributed by atoms with van der Waals surface area (Å²) in [6.07, 6.45) is 14.5. The van der Waals surface area contributed by atoms with E-state index in [2.05, 4.69) is 63.2 Å². The van der Waals surface area contributed by atoms with Crippen LogP contribution in [0.3, 0.4) is 0 Å². The summed E-state index contributed by atoms with van der Waals surface area (Å²) in [6.45, 7) is 3.64. The monoisotopic (exact) mass is 518 g/mol. The predicted molar refractivity (Wildman–Crippen MR) is 160 cm³/mol. The summed E-state index contributed by atoms with van der Waals surface area (Å²) in [6, 6.07) is 12.4. The Balaban J connectivity index is 1.46. The summed E-state index contributed by atoms with van der Waals surface area (Å²) in [5.41, 5.74) is 10.8. The van der Waals surface area contributed by atoms with Crippen LogP contribution < -0.4 is 5.32 Å². The van der Waals surface area contributed by atoms with Gasteiger partial charge in [0.1, 0.15) is 0 Å². The number of rotatable bonds is 3. The Hall–Kier alpha value is -4.06. The number of anilines is 1. The number of H-pyrrole nitrogens is 1. The number of carboxylic acids is 1. The van der Waals surface area contributed by atoms with E-state index in [0.29, 0.717) is 11.5 Å². The van der Waals surface area contributed by atoms with Crippen LogP contribution >= 0.6 is 0 Å². The van der Waals surface area contributed by atoms with Crippen molar-refractivity contribution in [2.45, 2.75) is 64.3 Å². The van der Waals surface area contributed by atoms with Crippen LogP contribution in [0.25, 0.3) is 38.6 Å². The second-order valence-corrected chi connectivity index (χ2v) is 11.1. The van der Waals surface area contributed by atoms with E-state index in [-0.39, 0.29) is 0 Å². The summed E-state index contributed by atoms with van der Waals surface area (Å²) >= 11 is 0. The third kappa shape index (κ3) is 4.01. The van der Waals surface area contributed by atoms with Crippen LogP contribution in [0.15, 0.2) is 59.7 Å². The fourth-order valence-electron chi connectivity index (χ4n) is 6.95. The van der Waals surface area contributed by atoms with Crippen LogP contribution in [-0.4, -0.2) is 32.9 Å². The number of carbonyl (C=O) groups is 1. The number of nitrogens with one attached hydrogen (secondary N) is 2. The molecule has 4 aromatic rings. The van der Waals surface area contributed by atoms with Crippen molar-refractivity contribution in [3.8, 4) is 11.3 Å². The van der Waals surface area contributed by atoms with Crippen molar-refractivity contribution in [1.29, 1.82) is 0 Å². The van der Waals surface area contributed by atoms with Crippen LogP contribution in [0.2, 0.25) is 0 Å². The molecule has 3 N–H and O–H groups in total. The van der Waals surface area contributed by atoms with E-state index in [1.54, 1.807) is 6.07 Å². The van der Waals surface area contributed by atoms with Crippen LogP contribution in [0, 0.1) is 0 Å². The Labute approximate surface area is 228 Å². The lowest BCUT2D eigenvalue weighted by Crippen LogP contribution is -2.08. The van der Waals surface area contributed by atoms with E-state index in [4.69, 9.17) is 0 Å². The van der Waals surface area contributed by atoms with Crippen LogP contribution in [0.5, 0.6) is 0 Å². The highest BCUT2D eigenvalue weighted by Gasteiger charge is 2.30. The molecule has 0 bridgehead atoms. The topological polar surface area (TPSA) is 82.4 Å². The van der Waals surface area contributed by atoms with E-state index in [9.17, 15) is 9.90 Å². The fraction of sp³-hybridized carbons (Fsp3) is 0.333. The summed E-state index contributed by atoms with van der Waals surface area (Å²) < 4.78 is 2.38. The molecular weight excluding hydrogens is 484 g/mol. The zero-order chi connectivity index (χ0) is 26.5. The largest absolute Gasteiger partial charge is 0.478 e. The van der Waals surface area contributed by atoms with Gasteiger partial charge in [0.05, 0.1) is 16.9 Å². The molecule has 1 saturated carbocycles. The molecule has 39 heavy (non-hydrogen) atoms. The predicted octanol–water partition coefficient (Wildman–Crippen LogP) is 8.11. The molecule has 3 aliphatic rings. The number of hydrogen-bond acceptors (Lipinski definition) is 3. The molecule has 6 nitrogen and oxygen atoms in total. The maximum atomic E-state index is 11.9. The normalized spacial score (nSPS) is 21.5. The zero-order valence-electron chi connectivity index (χ0n) is 22.4. The van der Waals surface area contributed by atoms with Crippen LogP contribution in [-0.2, 0) is 6.54 Å². The molecule has 1 aliphatic carbocycles. The van der Waals surface area contributed by atoms with Crippen LogP contribution in [0.4, 0.5) is 5.69 Å². The van der Waals surface area contributed by atoms with Gasteiger partial charge in [0.2, 0.25) is 0 Å². The van der Waals surface area contributed by atoms with E-state index >= 15 is 0 Å². The second-order valence-electron chi connectivity index (χ2n) is 11.1. The van der Waals surface area contributed by atoms with Gasteiger partial charge in [-0.1, -0.05) is 37.5 Å². The van der Waals surface area contributed by atoms with Crippen molar-refractivity contribution in [1.82, 2.24) is 9.55 Å². The van der Waals surface area contributed by atoms with Gasteiger partial charge in [-0.05, 0) is 74.4 Å². The average molecular weight is 519 g/mol. The quantitative estimate of drug-likeness (QED) is 0.256. The van der Waals surface area contributed by atoms with Gasteiger partial charge in [0.25, 0.3) is 0 Å². The number of benzene rings is 2. The number of allylic oxidation sites excluding steroid dienone is 3. The lowest BCUT2D eigenvalue weighted by Gasteiger charge is -2.24. The Morgan fingerprint density at radius 3 is 2.77 bits per heavy atom. The van der Waals surface area contributed by atoms with Crippen molar-refractivity contribution in [3.63, 3.8) is 0 Å². The van der Waals surface area contributed by atoms with Crippen molar-refractivity contribution in [2.24, 2.45) is 4.99 Å². The number of hydrogen-bond donors (Lipinski definition) is 3. The standard InChI is InChI=1S/C33H34N4O2/c1-20-23(10-6-3-7-15-34-20)28-19-26-27(36-28)14-13-25-31(26)35-16-17-37-29-18-22(33(38)39)11-12-24(29)30(32(25)37)21-8-4-2-5-9-21/h7,10-15,18-19,21,35-36H,2-6,8-9,16-17H2,1H3,(H,38,39)/b15-7-,23-10+,34-20-. The molecule has 4 heterocycles. The summed E-state index contributed by atoms with van der Waals surface area (Å²) in [5, 5.41) is 15.9. The number of aromatic nitrogens is 2.